The van der Waals surface area contributed by atoms with Crippen molar-refractivity contribution >= 4 is 17.0 Å². The molecule has 0 aliphatic carbocycles. The Balaban J connectivity index is 2.44. The number of nitrogens with one attached hydrogen (secondary N) is 1. The lowest BCUT2D eigenvalue weighted by atomic mass is 10.5. The van der Waals surface area contributed by atoms with Crippen LogP contribution in [0.2, 0.25) is 0 Å². The summed E-state index contributed by atoms with van der Waals surface area (Å²) in [6.45, 7) is 1.25. The summed E-state index contributed by atoms with van der Waals surface area (Å²) in [7, 11) is 1.90. The molecule has 0 aliphatic rings. The van der Waals surface area contributed by atoms with Gasteiger partial charge in [0.15, 0.2) is 11.5 Å². The van der Waals surface area contributed by atoms with E-state index in [0.29, 0.717) is 13.1 Å². The largest absolute Gasteiger partial charge is 0.367 e. The van der Waals surface area contributed by atoms with Crippen molar-refractivity contribution in [2.75, 3.05) is 18.4 Å². The van der Waals surface area contributed by atoms with Gasteiger partial charge in [-0.25, -0.2) is 15.0 Å². The molecule has 0 saturated heterocycles. The molecule has 0 spiro atoms. The van der Waals surface area contributed by atoms with E-state index in [9.17, 15) is 0 Å². The van der Waals surface area contributed by atoms with Crippen molar-refractivity contribution in [1.82, 2.24) is 19.5 Å². The second-order valence-electron chi connectivity index (χ2n) is 2.97. The molecule has 0 amide bonds. The smallest absolute Gasteiger partial charge is 0.165 e. The van der Waals surface area contributed by atoms with Gasteiger partial charge in [0.05, 0.1) is 6.33 Å². The second kappa shape index (κ2) is 3.59. The molecule has 0 bridgehead atoms. The Morgan fingerprint density at radius 1 is 1.43 bits per heavy atom. The third-order valence-electron chi connectivity index (χ3n) is 1.93. The summed E-state index contributed by atoms with van der Waals surface area (Å²) >= 11 is 0. The molecule has 0 unspecified atom stereocenters. The number of rotatable bonds is 3. The third kappa shape index (κ3) is 1.39. The van der Waals surface area contributed by atoms with E-state index in [1.165, 1.54) is 6.33 Å². The van der Waals surface area contributed by atoms with Crippen LogP contribution in [0.25, 0.3) is 11.2 Å². The first kappa shape index (κ1) is 8.89. The number of hydrogen-bond donors (Lipinski definition) is 2. The number of aromatic nitrogens is 4. The van der Waals surface area contributed by atoms with Gasteiger partial charge in [-0.3, -0.25) is 0 Å². The molecule has 3 N–H and O–H groups in total. The van der Waals surface area contributed by atoms with Gasteiger partial charge in [-0.2, -0.15) is 0 Å². The number of nitrogens with two attached hydrogens (primary N) is 1. The first-order valence-electron chi connectivity index (χ1n) is 4.39. The zero-order valence-electron chi connectivity index (χ0n) is 7.94. The Labute approximate surface area is 81.2 Å². The molecule has 14 heavy (non-hydrogen) atoms. The van der Waals surface area contributed by atoms with E-state index in [4.69, 9.17) is 5.73 Å². The van der Waals surface area contributed by atoms with Crippen LogP contribution in [-0.2, 0) is 7.05 Å². The average molecular weight is 192 g/mol. The third-order valence-corrected chi connectivity index (χ3v) is 1.93. The molecule has 74 valence electrons. The topological polar surface area (TPSA) is 81.7 Å². The molecule has 0 saturated carbocycles. The van der Waals surface area contributed by atoms with Crippen LogP contribution in [0.4, 0.5) is 5.82 Å². The molecule has 2 rings (SSSR count). The van der Waals surface area contributed by atoms with Crippen molar-refractivity contribution in [1.29, 1.82) is 0 Å². The molecule has 2 aromatic heterocycles. The summed E-state index contributed by atoms with van der Waals surface area (Å²) in [5, 5.41) is 3.10. The highest BCUT2D eigenvalue weighted by Gasteiger charge is 2.06. The van der Waals surface area contributed by atoms with Crippen molar-refractivity contribution in [3.63, 3.8) is 0 Å². The molecule has 6 heteroatoms. The monoisotopic (exact) mass is 192 g/mol. The standard InChI is InChI=1S/C8H12N6/c1-14-5-13-6-7(10-3-2-9)11-4-12-8(6)14/h4-5H,2-3,9H2,1H3,(H,10,11,12). The first-order valence-corrected chi connectivity index (χ1v) is 4.39. The van der Waals surface area contributed by atoms with Gasteiger partial charge < -0.3 is 15.6 Å². The minimum atomic E-state index is 0.568. The van der Waals surface area contributed by atoms with E-state index in [-0.39, 0.29) is 0 Å². The summed E-state index contributed by atoms with van der Waals surface area (Å²) in [5.74, 6) is 0.737. The Kier molecular flexibility index (Phi) is 2.28. The SMILES string of the molecule is Cn1cnc2c(NCCN)ncnc21. The Morgan fingerprint density at radius 2 is 2.29 bits per heavy atom. The molecule has 0 atom stereocenters. The summed E-state index contributed by atoms with van der Waals surface area (Å²) in [4.78, 5) is 12.4. The van der Waals surface area contributed by atoms with E-state index in [1.54, 1.807) is 6.33 Å². The van der Waals surface area contributed by atoms with E-state index in [2.05, 4.69) is 20.3 Å². The van der Waals surface area contributed by atoms with Gasteiger partial charge in [-0.1, -0.05) is 0 Å². The van der Waals surface area contributed by atoms with Gasteiger partial charge in [-0.05, 0) is 0 Å². The zero-order chi connectivity index (χ0) is 9.97. The van der Waals surface area contributed by atoms with Gasteiger partial charge in [0, 0.05) is 20.1 Å². The Hall–Kier alpha value is -1.69. The fourth-order valence-electron chi connectivity index (χ4n) is 1.27. The van der Waals surface area contributed by atoms with Crippen LogP contribution in [0.5, 0.6) is 0 Å². The second-order valence-corrected chi connectivity index (χ2v) is 2.97. The van der Waals surface area contributed by atoms with Crippen LogP contribution >= 0.6 is 0 Å². The predicted octanol–water partition coefficient (Wildman–Crippen LogP) is -0.266. The predicted molar refractivity (Wildman–Crippen MR) is 53.8 cm³/mol. The summed E-state index contributed by atoms with van der Waals surface area (Å²) in [6.07, 6.45) is 3.23. The van der Waals surface area contributed by atoms with E-state index >= 15 is 0 Å². The molecule has 0 aromatic carbocycles. The summed E-state index contributed by atoms with van der Waals surface area (Å²) in [6, 6.07) is 0. The minimum absolute atomic E-state index is 0.568. The quantitative estimate of drug-likeness (QED) is 0.699. The van der Waals surface area contributed by atoms with Crippen LogP contribution in [0, 0.1) is 0 Å². The summed E-state index contributed by atoms with van der Waals surface area (Å²) in [5.41, 5.74) is 6.99. The molecular weight excluding hydrogens is 180 g/mol. The number of anilines is 1. The normalized spacial score (nSPS) is 10.7. The maximum Gasteiger partial charge on any atom is 0.165 e. The number of nitrogens with zero attached hydrogens (tertiary/aromatic N) is 4. The van der Waals surface area contributed by atoms with Gasteiger partial charge >= 0.3 is 0 Å². The number of hydrogen-bond acceptors (Lipinski definition) is 5. The fraction of sp³-hybridized carbons (Fsp3) is 0.375. The molecule has 2 aromatic rings. The van der Waals surface area contributed by atoms with Crippen LogP contribution in [0.3, 0.4) is 0 Å². The Bertz CT molecular complexity index is 434. The van der Waals surface area contributed by atoms with Crippen LogP contribution in [-0.4, -0.2) is 32.6 Å². The zero-order valence-corrected chi connectivity index (χ0v) is 7.94. The van der Waals surface area contributed by atoms with Crippen molar-refractivity contribution in [3.05, 3.63) is 12.7 Å². The number of aryl methyl sites for hydroxylation is 1. The van der Waals surface area contributed by atoms with Gasteiger partial charge in [0.2, 0.25) is 0 Å². The van der Waals surface area contributed by atoms with E-state index in [1.807, 2.05) is 11.6 Å². The van der Waals surface area contributed by atoms with Crippen molar-refractivity contribution in [2.24, 2.45) is 12.8 Å². The van der Waals surface area contributed by atoms with E-state index in [0.717, 1.165) is 17.0 Å². The molecule has 0 fully saturated rings. The number of fused-ring (bicyclic) bond motifs is 1. The molecule has 2 heterocycles. The van der Waals surface area contributed by atoms with E-state index < -0.39 is 0 Å². The van der Waals surface area contributed by atoms with Crippen molar-refractivity contribution < 1.29 is 0 Å². The highest BCUT2D eigenvalue weighted by Crippen LogP contribution is 2.15. The Morgan fingerprint density at radius 3 is 3.07 bits per heavy atom. The average Bonchev–Trinajstić information content (AvgIpc) is 2.58. The molecule has 0 radical (unpaired) electrons. The highest BCUT2D eigenvalue weighted by molar-refractivity contribution is 5.82. The van der Waals surface area contributed by atoms with Crippen LogP contribution in [0.15, 0.2) is 12.7 Å². The first-order chi connectivity index (χ1) is 6.83. The molecule has 0 aliphatic heterocycles. The van der Waals surface area contributed by atoms with Crippen LogP contribution in [0.1, 0.15) is 0 Å². The highest BCUT2D eigenvalue weighted by atomic mass is 15.1. The van der Waals surface area contributed by atoms with Gasteiger partial charge in [0.1, 0.15) is 11.8 Å². The van der Waals surface area contributed by atoms with Gasteiger partial charge in [-0.15, -0.1) is 0 Å². The lowest BCUT2D eigenvalue weighted by Crippen LogP contribution is -2.14. The minimum Gasteiger partial charge on any atom is -0.367 e. The lowest BCUT2D eigenvalue weighted by Gasteiger charge is -2.03. The number of imidazole rings is 1. The molecule has 6 nitrogen and oxygen atoms in total. The van der Waals surface area contributed by atoms with Gasteiger partial charge in [0.25, 0.3) is 0 Å². The molecular formula is C8H12N6. The maximum absolute atomic E-state index is 5.39. The maximum atomic E-state index is 5.39. The van der Waals surface area contributed by atoms with Crippen molar-refractivity contribution in [3.8, 4) is 0 Å². The summed E-state index contributed by atoms with van der Waals surface area (Å²) < 4.78 is 1.85. The van der Waals surface area contributed by atoms with Crippen molar-refractivity contribution in [2.45, 2.75) is 0 Å². The van der Waals surface area contributed by atoms with Crippen LogP contribution < -0.4 is 11.1 Å². The lowest BCUT2D eigenvalue weighted by molar-refractivity contribution is 0.927. The fourth-order valence-corrected chi connectivity index (χ4v) is 1.27.